The van der Waals surface area contributed by atoms with Crippen LogP contribution >= 0.6 is 0 Å². The first-order chi connectivity index (χ1) is 21.2. The van der Waals surface area contributed by atoms with E-state index < -0.39 is 47.9 Å². The number of carbonyl (C=O) groups is 4. The monoisotopic (exact) mass is 623 g/mol. The minimum Gasteiger partial charge on any atom is -0.465 e. The van der Waals surface area contributed by atoms with Crippen molar-refractivity contribution in [1.82, 2.24) is 15.2 Å². The zero-order valence-corrected chi connectivity index (χ0v) is 24.6. The van der Waals surface area contributed by atoms with Crippen molar-refractivity contribution in [3.63, 3.8) is 0 Å². The maximum atomic E-state index is 13.5. The van der Waals surface area contributed by atoms with Crippen LogP contribution in [0.2, 0.25) is 0 Å². The number of hydrogen-bond acceptors (Lipinski definition) is 5. The summed E-state index contributed by atoms with van der Waals surface area (Å²) in [4.78, 5) is 56.2. The molecule has 5 rings (SSSR count). The number of carbonyl (C=O) groups excluding carboxylic acids is 3. The molecule has 0 bridgehead atoms. The lowest BCUT2D eigenvalue weighted by Crippen LogP contribution is -2.46. The van der Waals surface area contributed by atoms with Crippen LogP contribution in [0.15, 0.2) is 60.8 Å². The smallest absolute Gasteiger partial charge is 0.404 e. The van der Waals surface area contributed by atoms with Crippen LogP contribution in [0.4, 0.5) is 29.5 Å². The molecule has 1 aliphatic carbocycles. The van der Waals surface area contributed by atoms with Crippen molar-refractivity contribution in [2.45, 2.75) is 57.8 Å². The van der Waals surface area contributed by atoms with Gasteiger partial charge in [-0.05, 0) is 53.3 Å². The Kier molecular flexibility index (Phi) is 8.30. The Hall–Kier alpha value is -4.94. The lowest BCUT2D eigenvalue weighted by Gasteiger charge is -2.32. The van der Waals surface area contributed by atoms with E-state index in [9.17, 15) is 32.3 Å². The zero-order valence-electron chi connectivity index (χ0n) is 24.6. The lowest BCUT2D eigenvalue weighted by atomic mass is 9.79. The fourth-order valence-electron chi connectivity index (χ4n) is 6.18. The van der Waals surface area contributed by atoms with E-state index in [1.54, 1.807) is 48.7 Å². The van der Waals surface area contributed by atoms with Gasteiger partial charge in [-0.3, -0.25) is 14.4 Å². The summed E-state index contributed by atoms with van der Waals surface area (Å²) in [6, 6.07) is 15.5. The maximum absolute atomic E-state index is 13.5. The molecule has 2 aromatic carbocycles. The van der Waals surface area contributed by atoms with E-state index in [4.69, 9.17) is 5.11 Å². The summed E-state index contributed by atoms with van der Waals surface area (Å²) in [5.74, 6) is -1.13. The molecule has 1 aromatic heterocycles. The van der Waals surface area contributed by atoms with Crippen molar-refractivity contribution in [1.29, 1.82) is 0 Å². The number of nitrogens with one attached hydrogen (secondary N) is 3. The van der Waals surface area contributed by atoms with Crippen LogP contribution in [-0.4, -0.2) is 51.5 Å². The Morgan fingerprint density at radius 1 is 1.02 bits per heavy atom. The maximum Gasteiger partial charge on any atom is 0.404 e. The molecule has 4 amide bonds. The van der Waals surface area contributed by atoms with Gasteiger partial charge in [-0.15, -0.1) is 0 Å². The Bertz CT molecular complexity index is 1670. The van der Waals surface area contributed by atoms with E-state index in [0.29, 0.717) is 35.5 Å². The minimum atomic E-state index is -4.62. The summed E-state index contributed by atoms with van der Waals surface area (Å²) in [7, 11) is 0. The number of pyridine rings is 1. The average Bonchev–Trinajstić information content (AvgIpc) is 3.47. The van der Waals surface area contributed by atoms with E-state index in [0.717, 1.165) is 21.6 Å². The number of aromatic nitrogens is 1. The van der Waals surface area contributed by atoms with Crippen molar-refractivity contribution in [2.24, 2.45) is 5.41 Å². The SMILES string of the molecule is CC(C)(CC(F)(F)F)C(=O)N(CC(=O)Nc1ccc2c(c1)C[C@@]1(C2)C(=O)Nc2ncccc21)Cc1ccccc1CNC(=O)O. The van der Waals surface area contributed by atoms with Gasteiger partial charge < -0.3 is 26.0 Å². The standard InChI is InChI=1S/C32H32F3N5O5/c1-30(2,18-32(33,34)35)28(43)40(16-21-7-4-3-6-20(21)15-37-29(44)45)17-25(41)38-23-10-9-19-13-31(14-22(19)12-23)24-8-5-11-36-26(24)39-27(31)42/h3-12,37H,13-18H2,1-2H3,(H,38,41)(H,44,45)(H,36,39,42)/t31-/m1/s1. The molecular weight excluding hydrogens is 591 g/mol. The fourth-order valence-corrected chi connectivity index (χ4v) is 6.18. The molecule has 0 saturated carbocycles. The largest absolute Gasteiger partial charge is 0.465 e. The number of fused-ring (bicyclic) bond motifs is 3. The summed E-state index contributed by atoms with van der Waals surface area (Å²) in [6.45, 7) is 1.48. The van der Waals surface area contributed by atoms with E-state index in [1.807, 2.05) is 12.1 Å². The van der Waals surface area contributed by atoms with Crippen LogP contribution in [0, 0.1) is 5.41 Å². The lowest BCUT2D eigenvalue weighted by molar-refractivity contribution is -0.170. The molecule has 1 spiro atoms. The van der Waals surface area contributed by atoms with Crippen molar-refractivity contribution in [3.05, 3.63) is 88.6 Å². The summed E-state index contributed by atoms with van der Waals surface area (Å²) in [5, 5.41) is 16.9. The highest BCUT2D eigenvalue weighted by atomic mass is 19.4. The molecule has 2 heterocycles. The predicted octanol–water partition coefficient (Wildman–Crippen LogP) is 4.78. The highest BCUT2D eigenvalue weighted by Gasteiger charge is 2.51. The Morgan fingerprint density at radius 3 is 2.44 bits per heavy atom. The quantitative estimate of drug-likeness (QED) is 0.270. The number of rotatable bonds is 9. The van der Waals surface area contributed by atoms with Crippen LogP contribution in [0.1, 0.15) is 48.1 Å². The van der Waals surface area contributed by atoms with Gasteiger partial charge >= 0.3 is 12.3 Å². The number of alkyl halides is 3. The molecule has 4 N–H and O–H groups in total. The summed E-state index contributed by atoms with van der Waals surface area (Å²) < 4.78 is 40.1. The molecule has 3 aromatic rings. The molecule has 1 atom stereocenters. The number of anilines is 2. The number of nitrogens with zero attached hydrogens (tertiary/aromatic N) is 2. The Morgan fingerprint density at radius 2 is 1.73 bits per heavy atom. The van der Waals surface area contributed by atoms with Crippen molar-refractivity contribution in [3.8, 4) is 0 Å². The van der Waals surface area contributed by atoms with Gasteiger partial charge in [0.15, 0.2) is 0 Å². The van der Waals surface area contributed by atoms with E-state index in [2.05, 4.69) is 20.9 Å². The molecule has 13 heteroatoms. The molecule has 45 heavy (non-hydrogen) atoms. The van der Waals surface area contributed by atoms with Crippen molar-refractivity contribution < 1.29 is 37.5 Å². The normalized spacial score (nSPS) is 17.0. The molecule has 0 radical (unpaired) electrons. The molecular formula is C32H32F3N5O5. The van der Waals surface area contributed by atoms with Crippen molar-refractivity contribution >= 4 is 35.3 Å². The first kappa shape index (κ1) is 31.5. The number of halogens is 3. The zero-order chi connectivity index (χ0) is 32.6. The number of carboxylic acid groups (broad SMARTS) is 1. The van der Waals surface area contributed by atoms with Crippen molar-refractivity contribution in [2.75, 3.05) is 17.2 Å². The summed E-state index contributed by atoms with van der Waals surface area (Å²) in [6.07, 6.45) is -4.80. The van der Waals surface area contributed by atoms with Gasteiger partial charge in [-0.2, -0.15) is 13.2 Å². The van der Waals surface area contributed by atoms with Gasteiger partial charge in [0.1, 0.15) is 12.4 Å². The van der Waals surface area contributed by atoms with Gasteiger partial charge in [0.25, 0.3) is 0 Å². The second kappa shape index (κ2) is 11.9. The first-order valence-electron chi connectivity index (χ1n) is 14.3. The Labute approximate surface area is 257 Å². The molecule has 0 unspecified atom stereocenters. The van der Waals surface area contributed by atoms with Gasteiger partial charge in [-0.25, -0.2) is 9.78 Å². The van der Waals surface area contributed by atoms with Crippen LogP contribution in [-0.2, 0) is 45.7 Å². The average molecular weight is 624 g/mol. The highest BCUT2D eigenvalue weighted by molar-refractivity contribution is 6.06. The van der Waals surface area contributed by atoms with Crippen LogP contribution in [0.25, 0.3) is 0 Å². The first-order valence-corrected chi connectivity index (χ1v) is 14.3. The third-order valence-electron chi connectivity index (χ3n) is 8.22. The number of benzene rings is 2. The van der Waals surface area contributed by atoms with Gasteiger partial charge in [0.05, 0.1) is 17.3 Å². The third kappa shape index (κ3) is 6.76. The molecule has 0 fully saturated rings. The van der Waals surface area contributed by atoms with Gasteiger partial charge in [0, 0.05) is 30.5 Å². The van der Waals surface area contributed by atoms with E-state index in [1.165, 1.54) is 13.8 Å². The summed E-state index contributed by atoms with van der Waals surface area (Å²) in [5.41, 5.74) is 1.33. The second-order valence-corrected chi connectivity index (χ2v) is 12.1. The molecule has 10 nitrogen and oxygen atoms in total. The molecule has 236 valence electrons. The second-order valence-electron chi connectivity index (χ2n) is 12.1. The van der Waals surface area contributed by atoms with E-state index >= 15 is 0 Å². The minimum absolute atomic E-state index is 0.0964. The topological polar surface area (TPSA) is 141 Å². The fraction of sp³-hybridized carbons (Fsp3) is 0.344. The van der Waals surface area contributed by atoms with Crippen LogP contribution in [0.5, 0.6) is 0 Å². The van der Waals surface area contributed by atoms with Crippen LogP contribution in [0.3, 0.4) is 0 Å². The van der Waals surface area contributed by atoms with Gasteiger partial charge in [-0.1, -0.05) is 50.2 Å². The molecule has 1 aliphatic heterocycles. The predicted molar refractivity (Wildman–Crippen MR) is 158 cm³/mol. The third-order valence-corrected chi connectivity index (χ3v) is 8.22. The number of amides is 4. The highest BCUT2D eigenvalue weighted by Crippen LogP contribution is 2.47. The van der Waals surface area contributed by atoms with Crippen LogP contribution < -0.4 is 16.0 Å². The summed E-state index contributed by atoms with van der Waals surface area (Å²) >= 11 is 0. The van der Waals surface area contributed by atoms with Gasteiger partial charge in [0.2, 0.25) is 17.7 Å². The molecule has 0 saturated heterocycles. The Balaban J connectivity index is 1.35. The molecule has 2 aliphatic rings. The number of hydrogen-bond donors (Lipinski definition) is 4. The van der Waals surface area contributed by atoms with E-state index in [-0.39, 0.29) is 19.0 Å².